The number of carboxylic acid groups (broad SMARTS) is 1. The van der Waals surface area contributed by atoms with Gasteiger partial charge in [0.2, 0.25) is 0 Å². The van der Waals surface area contributed by atoms with Crippen molar-refractivity contribution in [2.45, 2.75) is 18.6 Å². The maximum atomic E-state index is 11.1. The molecule has 3 atom stereocenters. The molecule has 3 unspecified atom stereocenters. The first-order valence-electron chi connectivity index (χ1n) is 6.89. The smallest absolute Gasteiger partial charge is 0.310 e. The van der Waals surface area contributed by atoms with Crippen LogP contribution in [-0.4, -0.2) is 50.9 Å². The summed E-state index contributed by atoms with van der Waals surface area (Å²) in [6.07, 6.45) is 1.31. The average Bonchev–Trinajstić information content (AvgIpc) is 2.86. The molecule has 21 heavy (non-hydrogen) atoms. The van der Waals surface area contributed by atoms with Gasteiger partial charge in [-0.05, 0) is 25.1 Å². The van der Waals surface area contributed by atoms with Crippen molar-refractivity contribution in [2.75, 3.05) is 13.6 Å². The highest BCUT2D eigenvalue weighted by molar-refractivity contribution is 5.88. The van der Waals surface area contributed by atoms with Crippen molar-refractivity contribution >= 4 is 16.9 Å². The minimum atomic E-state index is -0.968. The van der Waals surface area contributed by atoms with Crippen LogP contribution >= 0.6 is 0 Å². The number of aromatic hydroxyl groups is 1. The fraction of sp³-hybridized carbons (Fsp3) is 0.400. The second-order valence-corrected chi connectivity index (χ2v) is 5.65. The third kappa shape index (κ3) is 2.26. The lowest BCUT2D eigenvalue weighted by molar-refractivity contribution is -0.150. The van der Waals surface area contributed by atoms with Gasteiger partial charge in [-0.25, -0.2) is 0 Å². The van der Waals surface area contributed by atoms with Crippen LogP contribution in [-0.2, 0) is 4.79 Å². The first kappa shape index (κ1) is 13.9. The summed E-state index contributed by atoms with van der Waals surface area (Å²) in [6, 6.07) is 5.22. The van der Waals surface area contributed by atoms with Crippen molar-refractivity contribution in [1.29, 1.82) is 0 Å². The van der Waals surface area contributed by atoms with Crippen LogP contribution in [0.3, 0.4) is 0 Å². The molecule has 0 aliphatic carbocycles. The van der Waals surface area contributed by atoms with E-state index in [0.717, 1.165) is 10.9 Å². The van der Waals surface area contributed by atoms with E-state index >= 15 is 0 Å². The zero-order valence-electron chi connectivity index (χ0n) is 11.7. The normalized spacial score (nSPS) is 27.0. The molecule has 2 heterocycles. The van der Waals surface area contributed by atoms with Gasteiger partial charge in [0.05, 0.1) is 17.5 Å². The first-order chi connectivity index (χ1) is 9.99. The maximum absolute atomic E-state index is 11.1. The summed E-state index contributed by atoms with van der Waals surface area (Å²) in [7, 11) is 1.86. The Hall–Kier alpha value is -2.05. The van der Waals surface area contributed by atoms with Gasteiger partial charge in [0, 0.05) is 24.2 Å². The molecule has 1 aliphatic heterocycles. The predicted molar refractivity (Wildman–Crippen MR) is 77.1 cm³/mol. The first-order valence-corrected chi connectivity index (χ1v) is 6.89. The number of phenolic OH excluding ortho intramolecular Hbond substituents is 1. The van der Waals surface area contributed by atoms with E-state index in [-0.39, 0.29) is 11.8 Å². The molecule has 1 saturated heterocycles. The summed E-state index contributed by atoms with van der Waals surface area (Å²) in [6.45, 7) is 0.298. The molecular formula is C15H18N2O4. The van der Waals surface area contributed by atoms with Crippen LogP contribution in [0.25, 0.3) is 10.9 Å². The Morgan fingerprint density at radius 3 is 2.90 bits per heavy atom. The van der Waals surface area contributed by atoms with E-state index in [9.17, 15) is 15.0 Å². The fourth-order valence-electron chi connectivity index (χ4n) is 3.17. The molecule has 2 aromatic rings. The van der Waals surface area contributed by atoms with Gasteiger partial charge in [0.15, 0.2) is 0 Å². The van der Waals surface area contributed by atoms with Crippen molar-refractivity contribution in [3.05, 3.63) is 30.0 Å². The van der Waals surface area contributed by atoms with E-state index in [1.54, 1.807) is 12.1 Å². The number of aromatic amines is 1. The van der Waals surface area contributed by atoms with Crippen LogP contribution in [0, 0.1) is 5.92 Å². The van der Waals surface area contributed by atoms with Gasteiger partial charge in [-0.2, -0.15) is 0 Å². The van der Waals surface area contributed by atoms with Gasteiger partial charge >= 0.3 is 5.97 Å². The highest BCUT2D eigenvalue weighted by Crippen LogP contribution is 2.37. The van der Waals surface area contributed by atoms with Crippen LogP contribution < -0.4 is 0 Å². The number of nitrogens with one attached hydrogen (secondary N) is 1. The fourth-order valence-corrected chi connectivity index (χ4v) is 3.17. The van der Waals surface area contributed by atoms with Crippen LogP contribution in [0.2, 0.25) is 0 Å². The number of carbonyl (C=O) groups is 1. The van der Waals surface area contributed by atoms with E-state index < -0.39 is 18.0 Å². The third-order valence-electron chi connectivity index (χ3n) is 4.35. The number of likely N-dealkylation sites (tertiary alicyclic amines) is 1. The number of H-pyrrole nitrogens is 1. The summed E-state index contributed by atoms with van der Waals surface area (Å²) in [5.41, 5.74) is 1.63. The van der Waals surface area contributed by atoms with Crippen molar-refractivity contribution < 1.29 is 20.1 Å². The van der Waals surface area contributed by atoms with E-state index in [1.165, 1.54) is 0 Å². The summed E-state index contributed by atoms with van der Waals surface area (Å²) < 4.78 is 0. The van der Waals surface area contributed by atoms with Crippen LogP contribution in [0.5, 0.6) is 5.75 Å². The van der Waals surface area contributed by atoms with Gasteiger partial charge in [-0.3, -0.25) is 9.69 Å². The molecule has 1 aliphatic rings. The summed E-state index contributed by atoms with van der Waals surface area (Å²) in [4.78, 5) is 16.1. The summed E-state index contributed by atoms with van der Waals surface area (Å²) in [5, 5.41) is 30.0. The molecule has 0 saturated carbocycles. The minimum absolute atomic E-state index is 0.0776. The number of para-hydroxylation sites is 1. The number of hydrogen-bond acceptors (Lipinski definition) is 4. The Bertz CT molecular complexity index is 681. The molecule has 1 aromatic heterocycles. The van der Waals surface area contributed by atoms with Gasteiger partial charge in [-0.15, -0.1) is 0 Å². The Kier molecular flexibility index (Phi) is 3.35. The lowest BCUT2D eigenvalue weighted by Crippen LogP contribution is -2.46. The number of benzene rings is 1. The van der Waals surface area contributed by atoms with Crippen molar-refractivity contribution in [3.8, 4) is 5.75 Å². The monoisotopic (exact) mass is 290 g/mol. The molecule has 0 bridgehead atoms. The predicted octanol–water partition coefficient (Wildman–Crippen LogP) is 1.31. The lowest BCUT2D eigenvalue weighted by atomic mass is 9.87. The Balaban J connectivity index is 1.96. The number of fused-ring (bicyclic) bond motifs is 1. The van der Waals surface area contributed by atoms with Crippen molar-refractivity contribution in [2.24, 2.45) is 5.92 Å². The number of aliphatic hydroxyl groups excluding tert-OH is 1. The van der Waals surface area contributed by atoms with Gasteiger partial charge in [0.25, 0.3) is 0 Å². The van der Waals surface area contributed by atoms with E-state index in [2.05, 4.69) is 4.98 Å². The van der Waals surface area contributed by atoms with Crippen molar-refractivity contribution in [1.82, 2.24) is 9.88 Å². The van der Waals surface area contributed by atoms with E-state index in [0.29, 0.717) is 18.5 Å². The minimum Gasteiger partial charge on any atom is -0.506 e. The van der Waals surface area contributed by atoms with Gasteiger partial charge < -0.3 is 20.3 Å². The molecule has 4 N–H and O–H groups in total. The SMILES string of the molecule is CN1CC(C(=O)O)C(O)CC1c1c[nH]c2c(O)cccc12. The number of piperidine rings is 1. The molecule has 3 rings (SSSR count). The highest BCUT2D eigenvalue weighted by atomic mass is 16.4. The van der Waals surface area contributed by atoms with E-state index in [1.807, 2.05) is 24.2 Å². The summed E-state index contributed by atoms with van der Waals surface area (Å²) >= 11 is 0. The molecule has 0 spiro atoms. The number of aromatic nitrogens is 1. The second kappa shape index (κ2) is 5.05. The Morgan fingerprint density at radius 1 is 1.43 bits per heavy atom. The molecule has 6 nitrogen and oxygen atoms in total. The molecule has 112 valence electrons. The number of carboxylic acids is 1. The average molecular weight is 290 g/mol. The largest absolute Gasteiger partial charge is 0.506 e. The third-order valence-corrected chi connectivity index (χ3v) is 4.35. The lowest BCUT2D eigenvalue weighted by Gasteiger charge is -2.38. The number of nitrogens with zero attached hydrogens (tertiary/aromatic N) is 1. The zero-order chi connectivity index (χ0) is 15.1. The maximum Gasteiger partial charge on any atom is 0.310 e. The van der Waals surface area contributed by atoms with Crippen LogP contribution in [0.15, 0.2) is 24.4 Å². The topological polar surface area (TPSA) is 96.8 Å². The highest BCUT2D eigenvalue weighted by Gasteiger charge is 2.38. The molecule has 1 fully saturated rings. The van der Waals surface area contributed by atoms with Crippen LogP contribution in [0.4, 0.5) is 0 Å². The molecule has 1 aromatic carbocycles. The Labute approximate surface area is 121 Å². The second-order valence-electron chi connectivity index (χ2n) is 5.65. The standard InChI is InChI=1S/C15H18N2O4/c1-17-7-10(15(20)21)13(19)5-11(17)9-6-16-14-8(9)3-2-4-12(14)18/h2-4,6,10-11,13,16,18-19H,5,7H2,1H3,(H,20,21). The number of aliphatic hydroxyl groups is 1. The van der Waals surface area contributed by atoms with E-state index in [4.69, 9.17) is 5.11 Å². The number of hydrogen-bond donors (Lipinski definition) is 4. The molecule has 0 radical (unpaired) electrons. The quantitative estimate of drug-likeness (QED) is 0.669. The van der Waals surface area contributed by atoms with Gasteiger partial charge in [0.1, 0.15) is 5.75 Å². The molecule has 6 heteroatoms. The number of aliphatic carboxylic acids is 1. The zero-order valence-corrected chi connectivity index (χ0v) is 11.7. The summed E-state index contributed by atoms with van der Waals surface area (Å²) in [5.74, 6) is -1.55. The molecular weight excluding hydrogens is 272 g/mol. The molecule has 0 amide bonds. The number of phenols is 1. The Morgan fingerprint density at radius 2 is 2.19 bits per heavy atom. The number of rotatable bonds is 2. The van der Waals surface area contributed by atoms with Crippen molar-refractivity contribution in [3.63, 3.8) is 0 Å². The van der Waals surface area contributed by atoms with Crippen LogP contribution in [0.1, 0.15) is 18.0 Å². The van der Waals surface area contributed by atoms with Gasteiger partial charge in [-0.1, -0.05) is 12.1 Å².